The van der Waals surface area contributed by atoms with E-state index in [1.54, 1.807) is 24.3 Å². The molecule has 3 rings (SSSR count). The summed E-state index contributed by atoms with van der Waals surface area (Å²) in [7, 11) is 3.25. The van der Waals surface area contributed by atoms with Gasteiger partial charge in [0, 0.05) is 12.8 Å². The van der Waals surface area contributed by atoms with Crippen molar-refractivity contribution >= 4 is 18.5 Å². The zero-order valence-corrected chi connectivity index (χ0v) is 32.4. The molecule has 0 spiro atoms. The number of hydrogen-bond acceptors (Lipinski definition) is 7. The van der Waals surface area contributed by atoms with E-state index in [-0.39, 0.29) is 11.9 Å². The van der Waals surface area contributed by atoms with Crippen LogP contribution in [-0.2, 0) is 27.2 Å². The van der Waals surface area contributed by atoms with Crippen molar-refractivity contribution in [2.45, 2.75) is 111 Å². The highest BCUT2D eigenvalue weighted by atomic mass is 16.1. The van der Waals surface area contributed by atoms with Gasteiger partial charge in [0.2, 0.25) is 5.91 Å². The SMILES string of the molecule is C=C/C=C(\C=C1\C=CC=CC1)CCC=O.C=CN.CCC.CCC(C)C(NC)C(N)=O.CN.NCCCCCC=O.c1ccc2c(c1)CCC2. The number of carbonyl (C=O) groups is 3. The lowest BCUT2D eigenvalue weighted by Gasteiger charge is -2.18. The summed E-state index contributed by atoms with van der Waals surface area (Å²) >= 11 is 0. The molecular weight excluding hydrogens is 622 g/mol. The Labute approximate surface area is 306 Å². The number of hydrogen-bond donors (Lipinski definition) is 5. The van der Waals surface area contributed by atoms with Crippen LogP contribution in [0.15, 0.2) is 97.3 Å². The van der Waals surface area contributed by atoms with E-state index in [0.29, 0.717) is 18.8 Å². The van der Waals surface area contributed by atoms with Gasteiger partial charge >= 0.3 is 0 Å². The van der Waals surface area contributed by atoms with Gasteiger partial charge in [-0.1, -0.05) is 127 Å². The lowest BCUT2D eigenvalue weighted by molar-refractivity contribution is -0.121. The van der Waals surface area contributed by atoms with Crippen LogP contribution in [0, 0.1) is 5.92 Å². The number of benzene rings is 1. The number of nitrogens with one attached hydrogen (secondary N) is 1. The van der Waals surface area contributed by atoms with Crippen LogP contribution in [0.5, 0.6) is 0 Å². The van der Waals surface area contributed by atoms with Crippen LogP contribution in [0.3, 0.4) is 0 Å². The fourth-order valence-electron chi connectivity index (χ4n) is 4.46. The predicted octanol–water partition coefficient (Wildman–Crippen LogP) is 7.59. The first-order valence-corrected chi connectivity index (χ1v) is 18.1. The van der Waals surface area contributed by atoms with Crippen molar-refractivity contribution in [3.63, 3.8) is 0 Å². The van der Waals surface area contributed by atoms with Gasteiger partial charge < -0.3 is 37.8 Å². The lowest BCUT2D eigenvalue weighted by atomic mass is 9.99. The molecule has 2 atom stereocenters. The third-order valence-electron chi connectivity index (χ3n) is 7.03. The molecule has 8 nitrogen and oxygen atoms in total. The normalized spacial score (nSPS) is 13.7. The quantitative estimate of drug-likeness (QED) is 0.0759. The maximum Gasteiger partial charge on any atom is 0.234 e. The minimum absolute atomic E-state index is 0.176. The standard InChI is InChI=1S/C14H16O.C9H10.C7H16N2O.C6H13NO.C3H8.C2H5N.CH5N/c1-2-7-13(10-6-11-15)12-14-8-4-3-5-9-14;1-2-5-9-7-3-6-8(9)4-1;1-4-5(2)6(9-3)7(8)10;7-5-3-1-2-4-6-8;1-3-2;1-2-3;1-2/h2-5,7-8,11-12H,1,6,9-10H2;1-2,4-5H,3,6-7H2;5-6,9H,4H2,1-3H3,(H2,8,10);6H,1-5,7H2;3H2,1-2H3;2H,1,3H2;2H2,1H3/b13-7-,14-12-;;;;;;. The number of fused-ring (bicyclic) bond motifs is 1. The molecule has 0 fully saturated rings. The number of nitrogens with two attached hydrogens (primary N) is 4. The maximum absolute atomic E-state index is 10.7. The molecule has 50 heavy (non-hydrogen) atoms. The molecule has 0 heterocycles. The fourth-order valence-corrected chi connectivity index (χ4v) is 4.46. The molecule has 0 saturated carbocycles. The van der Waals surface area contributed by atoms with Gasteiger partial charge in [0.15, 0.2) is 0 Å². The number of allylic oxidation sites excluding steroid dienone is 9. The molecule has 1 aromatic carbocycles. The highest BCUT2D eigenvalue weighted by Crippen LogP contribution is 2.20. The molecule has 2 aliphatic carbocycles. The van der Waals surface area contributed by atoms with E-state index in [0.717, 1.165) is 63.2 Å². The van der Waals surface area contributed by atoms with Crippen molar-refractivity contribution in [3.8, 4) is 0 Å². The molecule has 2 unspecified atom stereocenters. The third kappa shape index (κ3) is 34.0. The van der Waals surface area contributed by atoms with Gasteiger partial charge in [0.1, 0.15) is 12.6 Å². The van der Waals surface area contributed by atoms with E-state index in [9.17, 15) is 14.4 Å². The summed E-state index contributed by atoms with van der Waals surface area (Å²) in [5.41, 5.74) is 25.0. The summed E-state index contributed by atoms with van der Waals surface area (Å²) in [6.45, 7) is 15.9. The smallest absolute Gasteiger partial charge is 0.234 e. The van der Waals surface area contributed by atoms with Gasteiger partial charge in [-0.15, -0.1) is 0 Å². The Morgan fingerprint density at radius 3 is 1.90 bits per heavy atom. The van der Waals surface area contributed by atoms with Crippen molar-refractivity contribution in [2.24, 2.45) is 28.9 Å². The Bertz CT molecular complexity index is 1070. The molecule has 0 saturated heterocycles. The van der Waals surface area contributed by atoms with Gasteiger partial charge in [-0.2, -0.15) is 0 Å². The zero-order chi connectivity index (χ0) is 38.8. The monoisotopic (exact) mass is 696 g/mol. The Hall–Kier alpha value is -3.85. The Balaban J connectivity index is -0.000000269. The minimum Gasteiger partial charge on any atom is -0.405 e. The summed E-state index contributed by atoms with van der Waals surface area (Å²) in [6.07, 6.45) is 29.6. The van der Waals surface area contributed by atoms with Crippen LogP contribution in [0.4, 0.5) is 0 Å². The van der Waals surface area contributed by atoms with Crippen LogP contribution in [-0.4, -0.2) is 45.2 Å². The molecule has 2 aliphatic rings. The maximum atomic E-state index is 10.7. The van der Waals surface area contributed by atoms with Crippen LogP contribution in [0.1, 0.15) is 103 Å². The average Bonchev–Trinajstić information content (AvgIpc) is 3.61. The van der Waals surface area contributed by atoms with E-state index in [4.69, 9.17) is 11.5 Å². The molecule has 0 aromatic heterocycles. The zero-order valence-electron chi connectivity index (χ0n) is 32.4. The predicted molar refractivity (Wildman–Crippen MR) is 219 cm³/mol. The first kappa shape index (κ1) is 53.0. The molecule has 1 aromatic rings. The number of aryl methyl sites for hydroxylation is 2. The van der Waals surface area contributed by atoms with Crippen molar-refractivity contribution < 1.29 is 14.4 Å². The Morgan fingerprint density at radius 1 is 0.960 bits per heavy atom. The Kier molecular flexibility index (Phi) is 45.7. The largest absolute Gasteiger partial charge is 0.405 e. The topological polar surface area (TPSA) is 167 Å². The molecule has 284 valence electrons. The van der Waals surface area contributed by atoms with Crippen LogP contribution < -0.4 is 28.3 Å². The third-order valence-corrected chi connectivity index (χ3v) is 7.03. The summed E-state index contributed by atoms with van der Waals surface area (Å²) < 4.78 is 0. The van der Waals surface area contributed by atoms with Gasteiger partial charge in [-0.3, -0.25) is 4.79 Å². The van der Waals surface area contributed by atoms with E-state index >= 15 is 0 Å². The number of carbonyl (C=O) groups excluding carboxylic acids is 3. The van der Waals surface area contributed by atoms with Crippen LogP contribution in [0.25, 0.3) is 0 Å². The van der Waals surface area contributed by atoms with Gasteiger partial charge in [-0.25, -0.2) is 0 Å². The molecule has 0 bridgehead atoms. The van der Waals surface area contributed by atoms with E-state index in [1.165, 1.54) is 44.5 Å². The second kappa shape index (κ2) is 43.2. The molecule has 0 aliphatic heterocycles. The summed E-state index contributed by atoms with van der Waals surface area (Å²) in [4.78, 5) is 30.7. The number of likely N-dealkylation sites (N-methyl/N-ethyl adjacent to an activating group) is 1. The summed E-state index contributed by atoms with van der Waals surface area (Å²) in [5, 5.41) is 2.88. The van der Waals surface area contributed by atoms with E-state index in [2.05, 4.69) is 86.3 Å². The first-order chi connectivity index (χ1) is 24.2. The first-order valence-electron chi connectivity index (χ1n) is 18.1. The minimum atomic E-state index is -0.267. The molecule has 1 amide bonds. The highest BCUT2D eigenvalue weighted by molar-refractivity contribution is 5.80. The molecular formula is C42H73N5O3. The Morgan fingerprint density at radius 2 is 1.52 bits per heavy atom. The van der Waals surface area contributed by atoms with Gasteiger partial charge in [0.05, 0.1) is 6.04 Å². The second-order valence-electron chi connectivity index (χ2n) is 11.3. The molecule has 8 heteroatoms. The number of primary amides is 1. The van der Waals surface area contributed by atoms with Gasteiger partial charge in [0.25, 0.3) is 0 Å². The van der Waals surface area contributed by atoms with Crippen molar-refractivity contribution in [3.05, 3.63) is 108 Å². The summed E-state index contributed by atoms with van der Waals surface area (Å²) in [6, 6.07) is 8.56. The second-order valence-corrected chi connectivity index (χ2v) is 11.3. The number of aldehydes is 2. The summed E-state index contributed by atoms with van der Waals surface area (Å²) in [5.74, 6) is 0.0550. The van der Waals surface area contributed by atoms with E-state index in [1.807, 2.05) is 32.1 Å². The molecule has 9 N–H and O–H groups in total. The number of amides is 1. The van der Waals surface area contributed by atoms with Crippen LogP contribution >= 0.6 is 0 Å². The van der Waals surface area contributed by atoms with Crippen molar-refractivity contribution in [2.75, 3.05) is 20.6 Å². The van der Waals surface area contributed by atoms with Crippen molar-refractivity contribution in [1.82, 2.24) is 5.32 Å². The fraction of sp³-hybridized carbons (Fsp3) is 0.500. The number of unbranched alkanes of at least 4 members (excludes halogenated alkanes) is 3. The number of rotatable bonds is 14. The van der Waals surface area contributed by atoms with Crippen LogP contribution in [0.2, 0.25) is 0 Å². The molecule has 0 radical (unpaired) electrons. The van der Waals surface area contributed by atoms with Crippen molar-refractivity contribution in [1.29, 1.82) is 0 Å². The average molecular weight is 696 g/mol. The van der Waals surface area contributed by atoms with Gasteiger partial charge in [-0.05, 0) is 100.0 Å². The lowest BCUT2D eigenvalue weighted by Crippen LogP contribution is -2.43. The van der Waals surface area contributed by atoms with E-state index < -0.39 is 0 Å². The highest BCUT2D eigenvalue weighted by Gasteiger charge is 2.18.